The number of hydrogen-bond acceptors (Lipinski definition) is 2. The second-order valence-corrected chi connectivity index (χ2v) is 4.89. The number of aliphatic hydroxyl groups is 1. The van der Waals surface area contributed by atoms with Gasteiger partial charge in [0.05, 0.1) is 7.11 Å². The molecule has 0 aromatic heterocycles. The Balaban J connectivity index is 2.32. The lowest BCUT2D eigenvalue weighted by Crippen LogP contribution is -2.11. The number of ether oxygens (including phenoxy) is 1. The SMILES string of the molecule is COc1ccc2cc(C#CC(O)C(C)C)ccc2c1. The van der Waals surface area contributed by atoms with E-state index in [1.165, 1.54) is 0 Å². The highest BCUT2D eigenvalue weighted by molar-refractivity contribution is 5.85. The van der Waals surface area contributed by atoms with Crippen molar-refractivity contribution in [2.75, 3.05) is 7.11 Å². The summed E-state index contributed by atoms with van der Waals surface area (Å²) < 4.78 is 5.20. The average molecular weight is 254 g/mol. The van der Waals surface area contributed by atoms with Crippen molar-refractivity contribution in [1.29, 1.82) is 0 Å². The Kier molecular flexibility index (Phi) is 4.09. The van der Waals surface area contributed by atoms with Crippen LogP contribution in [-0.2, 0) is 0 Å². The molecule has 1 N–H and O–H groups in total. The highest BCUT2D eigenvalue weighted by Gasteiger charge is 2.03. The van der Waals surface area contributed by atoms with Crippen LogP contribution in [0.1, 0.15) is 19.4 Å². The van der Waals surface area contributed by atoms with Crippen LogP contribution in [-0.4, -0.2) is 18.3 Å². The summed E-state index contributed by atoms with van der Waals surface area (Å²) in [6.07, 6.45) is -0.577. The summed E-state index contributed by atoms with van der Waals surface area (Å²) >= 11 is 0. The van der Waals surface area contributed by atoms with Gasteiger partial charge in [-0.05, 0) is 41.0 Å². The Labute approximate surface area is 114 Å². The van der Waals surface area contributed by atoms with E-state index < -0.39 is 6.10 Å². The minimum atomic E-state index is -0.577. The van der Waals surface area contributed by atoms with Gasteiger partial charge in [0, 0.05) is 5.56 Å². The molecule has 0 bridgehead atoms. The van der Waals surface area contributed by atoms with Crippen molar-refractivity contribution in [3.63, 3.8) is 0 Å². The first kappa shape index (κ1) is 13.5. The molecule has 0 heterocycles. The zero-order valence-corrected chi connectivity index (χ0v) is 11.5. The second-order valence-electron chi connectivity index (χ2n) is 4.89. The molecule has 0 radical (unpaired) electrons. The molecular formula is C17H18O2. The van der Waals surface area contributed by atoms with Crippen LogP contribution in [0.25, 0.3) is 10.8 Å². The van der Waals surface area contributed by atoms with Crippen LogP contribution >= 0.6 is 0 Å². The van der Waals surface area contributed by atoms with Gasteiger partial charge < -0.3 is 9.84 Å². The maximum atomic E-state index is 9.68. The fourth-order valence-electron chi connectivity index (χ4n) is 1.75. The van der Waals surface area contributed by atoms with E-state index in [0.29, 0.717) is 0 Å². The van der Waals surface area contributed by atoms with Crippen molar-refractivity contribution in [1.82, 2.24) is 0 Å². The van der Waals surface area contributed by atoms with Gasteiger partial charge in [-0.15, -0.1) is 0 Å². The molecule has 19 heavy (non-hydrogen) atoms. The van der Waals surface area contributed by atoms with Gasteiger partial charge in [0.25, 0.3) is 0 Å². The normalized spacial score (nSPS) is 12.1. The Morgan fingerprint density at radius 2 is 1.74 bits per heavy atom. The van der Waals surface area contributed by atoms with Gasteiger partial charge in [-0.25, -0.2) is 0 Å². The lowest BCUT2D eigenvalue weighted by Gasteiger charge is -2.05. The molecule has 0 amide bonds. The van der Waals surface area contributed by atoms with E-state index >= 15 is 0 Å². The smallest absolute Gasteiger partial charge is 0.119 e. The third-order valence-electron chi connectivity index (χ3n) is 3.04. The average Bonchev–Trinajstić information content (AvgIpc) is 2.43. The van der Waals surface area contributed by atoms with Crippen molar-refractivity contribution in [3.05, 3.63) is 42.0 Å². The van der Waals surface area contributed by atoms with Gasteiger partial charge >= 0.3 is 0 Å². The van der Waals surface area contributed by atoms with E-state index in [9.17, 15) is 5.11 Å². The molecule has 0 fully saturated rings. The summed E-state index contributed by atoms with van der Waals surface area (Å²) in [4.78, 5) is 0. The summed E-state index contributed by atoms with van der Waals surface area (Å²) in [6, 6.07) is 11.9. The molecule has 0 aliphatic carbocycles. The van der Waals surface area contributed by atoms with Crippen molar-refractivity contribution < 1.29 is 9.84 Å². The summed E-state index contributed by atoms with van der Waals surface area (Å²) in [5, 5.41) is 11.9. The van der Waals surface area contributed by atoms with Crippen LogP contribution in [0, 0.1) is 17.8 Å². The highest BCUT2D eigenvalue weighted by atomic mass is 16.5. The van der Waals surface area contributed by atoms with Crippen molar-refractivity contribution in [2.24, 2.45) is 5.92 Å². The van der Waals surface area contributed by atoms with E-state index in [1.807, 2.05) is 50.2 Å². The predicted molar refractivity (Wildman–Crippen MR) is 78.2 cm³/mol. The Morgan fingerprint density at radius 1 is 1.05 bits per heavy atom. The zero-order valence-electron chi connectivity index (χ0n) is 11.5. The molecule has 2 heteroatoms. The molecule has 1 unspecified atom stereocenters. The van der Waals surface area contributed by atoms with Crippen LogP contribution in [0.15, 0.2) is 36.4 Å². The molecule has 0 aliphatic rings. The standard InChI is InChI=1S/C17H18O2/c1-12(2)17(18)9-5-13-4-6-15-11-16(19-3)8-7-14(15)10-13/h4,6-8,10-12,17-18H,1-3H3. The third kappa shape index (κ3) is 3.27. The molecule has 1 atom stereocenters. The Bertz CT molecular complexity index is 632. The van der Waals surface area contributed by atoms with Crippen molar-refractivity contribution >= 4 is 10.8 Å². The number of methoxy groups -OCH3 is 1. The molecule has 2 aromatic rings. The van der Waals surface area contributed by atoms with Crippen LogP contribution in [0.3, 0.4) is 0 Å². The van der Waals surface area contributed by atoms with Gasteiger partial charge in [-0.1, -0.05) is 37.8 Å². The van der Waals surface area contributed by atoms with Crippen LogP contribution in [0.4, 0.5) is 0 Å². The Morgan fingerprint density at radius 3 is 2.42 bits per heavy atom. The fourth-order valence-corrected chi connectivity index (χ4v) is 1.75. The molecule has 98 valence electrons. The Hall–Kier alpha value is -1.98. The molecule has 0 aliphatic heterocycles. The monoisotopic (exact) mass is 254 g/mol. The number of rotatable bonds is 2. The first-order chi connectivity index (χ1) is 9.10. The molecule has 2 nitrogen and oxygen atoms in total. The maximum Gasteiger partial charge on any atom is 0.119 e. The number of hydrogen-bond donors (Lipinski definition) is 1. The van der Waals surface area contributed by atoms with E-state index in [4.69, 9.17) is 4.74 Å². The van der Waals surface area contributed by atoms with Crippen molar-refractivity contribution in [2.45, 2.75) is 20.0 Å². The lowest BCUT2D eigenvalue weighted by atomic mass is 10.1. The van der Waals surface area contributed by atoms with Gasteiger partial charge in [-0.2, -0.15) is 0 Å². The van der Waals surface area contributed by atoms with Gasteiger partial charge in [0.15, 0.2) is 0 Å². The summed E-state index contributed by atoms with van der Waals surface area (Å²) in [5.74, 6) is 6.88. The van der Waals surface area contributed by atoms with Crippen LogP contribution in [0.2, 0.25) is 0 Å². The molecule has 2 rings (SSSR count). The number of fused-ring (bicyclic) bond motifs is 1. The first-order valence-electron chi connectivity index (χ1n) is 6.37. The van der Waals surface area contributed by atoms with Gasteiger partial charge in [0.2, 0.25) is 0 Å². The molecule has 2 aromatic carbocycles. The minimum absolute atomic E-state index is 0.150. The van der Waals surface area contributed by atoms with Crippen LogP contribution in [0.5, 0.6) is 5.75 Å². The third-order valence-corrected chi connectivity index (χ3v) is 3.04. The summed E-state index contributed by atoms with van der Waals surface area (Å²) in [7, 11) is 1.66. The highest BCUT2D eigenvalue weighted by Crippen LogP contribution is 2.21. The van der Waals surface area contributed by atoms with Gasteiger partial charge in [0.1, 0.15) is 11.9 Å². The topological polar surface area (TPSA) is 29.5 Å². The van der Waals surface area contributed by atoms with Crippen LogP contribution < -0.4 is 4.74 Å². The summed E-state index contributed by atoms with van der Waals surface area (Å²) in [6.45, 7) is 3.90. The van der Waals surface area contributed by atoms with Gasteiger partial charge in [-0.3, -0.25) is 0 Å². The largest absolute Gasteiger partial charge is 0.497 e. The molecule has 0 spiro atoms. The fraction of sp³-hybridized carbons (Fsp3) is 0.294. The van der Waals surface area contributed by atoms with E-state index in [2.05, 4.69) is 11.8 Å². The van der Waals surface area contributed by atoms with E-state index in [0.717, 1.165) is 22.1 Å². The zero-order chi connectivity index (χ0) is 13.8. The molecule has 0 saturated heterocycles. The minimum Gasteiger partial charge on any atom is -0.497 e. The second kappa shape index (κ2) is 5.77. The quantitative estimate of drug-likeness (QED) is 0.834. The molecular weight excluding hydrogens is 236 g/mol. The summed E-state index contributed by atoms with van der Waals surface area (Å²) in [5.41, 5.74) is 0.914. The van der Waals surface area contributed by atoms with E-state index in [-0.39, 0.29) is 5.92 Å². The maximum absolute atomic E-state index is 9.68. The predicted octanol–water partition coefficient (Wildman–Crippen LogP) is 3.22. The first-order valence-corrected chi connectivity index (χ1v) is 6.37. The van der Waals surface area contributed by atoms with E-state index in [1.54, 1.807) is 7.11 Å². The lowest BCUT2D eigenvalue weighted by molar-refractivity contribution is 0.181. The molecule has 0 saturated carbocycles. The number of aliphatic hydroxyl groups excluding tert-OH is 1. The van der Waals surface area contributed by atoms with Crippen molar-refractivity contribution in [3.8, 4) is 17.6 Å². The number of benzene rings is 2.